The second-order valence-electron chi connectivity index (χ2n) is 5.46. The van der Waals surface area contributed by atoms with Crippen molar-refractivity contribution in [3.63, 3.8) is 0 Å². The van der Waals surface area contributed by atoms with Gasteiger partial charge in [0.2, 0.25) is 0 Å². The fourth-order valence-corrected chi connectivity index (χ4v) is 2.03. The fourth-order valence-electron chi connectivity index (χ4n) is 2.03. The molecular formula is C15H25NO. The largest absolute Gasteiger partial charge is 0.396 e. The van der Waals surface area contributed by atoms with E-state index < -0.39 is 0 Å². The predicted octanol–water partition coefficient (Wildman–Crippen LogP) is 2.60. The van der Waals surface area contributed by atoms with Crippen LogP contribution in [0.2, 0.25) is 0 Å². The minimum atomic E-state index is 0.0212. The summed E-state index contributed by atoms with van der Waals surface area (Å²) in [4.78, 5) is 0. The van der Waals surface area contributed by atoms with E-state index in [2.05, 4.69) is 51.2 Å². The Morgan fingerprint density at radius 2 is 1.94 bits per heavy atom. The number of nitrogens with one attached hydrogen (secondary N) is 1. The van der Waals surface area contributed by atoms with Crippen molar-refractivity contribution in [1.29, 1.82) is 0 Å². The van der Waals surface area contributed by atoms with E-state index in [1.165, 1.54) is 16.7 Å². The molecule has 2 N–H and O–H groups in total. The molecule has 96 valence electrons. The highest BCUT2D eigenvalue weighted by molar-refractivity contribution is 5.30. The Morgan fingerprint density at radius 3 is 2.53 bits per heavy atom. The van der Waals surface area contributed by atoms with Gasteiger partial charge in [-0.1, -0.05) is 23.8 Å². The van der Waals surface area contributed by atoms with Crippen LogP contribution in [0.5, 0.6) is 0 Å². The normalized spacial score (nSPS) is 11.8. The molecule has 1 aromatic carbocycles. The van der Waals surface area contributed by atoms with E-state index in [0.717, 1.165) is 19.4 Å². The van der Waals surface area contributed by atoms with Crippen molar-refractivity contribution in [3.8, 4) is 0 Å². The summed E-state index contributed by atoms with van der Waals surface area (Å²) in [7, 11) is 0. The van der Waals surface area contributed by atoms with Crippen LogP contribution in [0.1, 0.15) is 37.0 Å². The molecule has 1 aromatic rings. The molecule has 2 nitrogen and oxygen atoms in total. The lowest BCUT2D eigenvalue weighted by Crippen LogP contribution is -2.41. The molecule has 17 heavy (non-hydrogen) atoms. The Bertz CT molecular complexity index is 358. The van der Waals surface area contributed by atoms with Crippen molar-refractivity contribution in [1.82, 2.24) is 5.32 Å². The highest BCUT2D eigenvalue weighted by Gasteiger charge is 2.15. The van der Waals surface area contributed by atoms with Gasteiger partial charge in [0.05, 0.1) is 0 Å². The van der Waals surface area contributed by atoms with Crippen molar-refractivity contribution in [2.24, 2.45) is 0 Å². The molecule has 0 aliphatic carbocycles. The van der Waals surface area contributed by atoms with Crippen LogP contribution < -0.4 is 5.32 Å². The summed E-state index contributed by atoms with van der Waals surface area (Å²) in [5.74, 6) is 0. The van der Waals surface area contributed by atoms with E-state index in [-0.39, 0.29) is 12.1 Å². The van der Waals surface area contributed by atoms with E-state index in [1.807, 2.05) is 0 Å². The van der Waals surface area contributed by atoms with E-state index >= 15 is 0 Å². The van der Waals surface area contributed by atoms with E-state index in [4.69, 9.17) is 5.11 Å². The lowest BCUT2D eigenvalue weighted by atomic mass is 9.99. The van der Waals surface area contributed by atoms with Gasteiger partial charge in [0, 0.05) is 12.1 Å². The molecule has 2 heteroatoms. The summed E-state index contributed by atoms with van der Waals surface area (Å²) in [6, 6.07) is 6.61. The van der Waals surface area contributed by atoms with Crippen LogP contribution in [-0.2, 0) is 6.42 Å². The third kappa shape index (κ3) is 4.88. The van der Waals surface area contributed by atoms with Crippen LogP contribution in [0.15, 0.2) is 18.2 Å². The first kappa shape index (κ1) is 14.2. The Balaban J connectivity index is 2.46. The predicted molar refractivity (Wildman–Crippen MR) is 73.4 cm³/mol. The Morgan fingerprint density at radius 1 is 1.24 bits per heavy atom. The van der Waals surface area contributed by atoms with Gasteiger partial charge < -0.3 is 10.4 Å². The second kappa shape index (κ2) is 6.18. The third-order valence-electron chi connectivity index (χ3n) is 3.23. The second-order valence-corrected chi connectivity index (χ2v) is 5.46. The summed E-state index contributed by atoms with van der Waals surface area (Å²) in [6.07, 6.45) is 1.83. The van der Waals surface area contributed by atoms with Crippen LogP contribution in [0.25, 0.3) is 0 Å². The highest BCUT2D eigenvalue weighted by Crippen LogP contribution is 2.12. The highest BCUT2D eigenvalue weighted by atomic mass is 16.3. The molecule has 0 bridgehead atoms. The molecule has 0 saturated heterocycles. The van der Waals surface area contributed by atoms with Gasteiger partial charge in [-0.25, -0.2) is 0 Å². The number of hydrogen-bond acceptors (Lipinski definition) is 2. The topological polar surface area (TPSA) is 32.3 Å². The zero-order valence-corrected chi connectivity index (χ0v) is 11.5. The molecule has 0 spiro atoms. The molecule has 0 amide bonds. The summed E-state index contributed by atoms with van der Waals surface area (Å²) >= 11 is 0. The molecule has 0 saturated carbocycles. The smallest absolute Gasteiger partial charge is 0.0448 e. The lowest BCUT2D eigenvalue weighted by Gasteiger charge is -2.25. The van der Waals surface area contributed by atoms with Crippen LogP contribution in [0, 0.1) is 13.8 Å². The van der Waals surface area contributed by atoms with Crippen molar-refractivity contribution < 1.29 is 5.11 Å². The Labute approximate surface area is 105 Å². The molecule has 0 heterocycles. The maximum absolute atomic E-state index is 8.95. The number of benzene rings is 1. The molecule has 0 unspecified atom stereocenters. The Hall–Kier alpha value is -0.860. The molecule has 0 aliphatic heterocycles. The van der Waals surface area contributed by atoms with Gasteiger partial charge in [-0.15, -0.1) is 0 Å². The number of aliphatic hydroxyl groups is 1. The first-order valence-electron chi connectivity index (χ1n) is 6.36. The maximum Gasteiger partial charge on any atom is 0.0448 e. The van der Waals surface area contributed by atoms with Crippen LogP contribution in [0.3, 0.4) is 0 Å². The minimum absolute atomic E-state index is 0.0212. The summed E-state index contributed by atoms with van der Waals surface area (Å²) in [5, 5.41) is 12.4. The third-order valence-corrected chi connectivity index (χ3v) is 3.23. The van der Waals surface area contributed by atoms with Gasteiger partial charge in [-0.3, -0.25) is 0 Å². The zero-order chi connectivity index (χ0) is 12.9. The first-order valence-corrected chi connectivity index (χ1v) is 6.36. The molecule has 0 fully saturated rings. The lowest BCUT2D eigenvalue weighted by molar-refractivity contribution is 0.231. The average Bonchev–Trinajstić information content (AvgIpc) is 2.21. The van der Waals surface area contributed by atoms with Gasteiger partial charge >= 0.3 is 0 Å². The Kier molecular flexibility index (Phi) is 5.16. The number of aliphatic hydroxyl groups excluding tert-OH is 1. The van der Waals surface area contributed by atoms with Gasteiger partial charge in [-0.2, -0.15) is 0 Å². The quantitative estimate of drug-likeness (QED) is 0.794. The van der Waals surface area contributed by atoms with Crippen LogP contribution in [0.4, 0.5) is 0 Å². The number of rotatable bonds is 6. The van der Waals surface area contributed by atoms with Gasteiger partial charge in [-0.05, 0) is 58.2 Å². The van der Waals surface area contributed by atoms with E-state index in [9.17, 15) is 0 Å². The molecule has 0 radical (unpaired) electrons. The minimum Gasteiger partial charge on any atom is -0.396 e. The van der Waals surface area contributed by atoms with E-state index in [0.29, 0.717) is 0 Å². The summed E-state index contributed by atoms with van der Waals surface area (Å²) in [6.45, 7) is 9.75. The standard InChI is InChI=1S/C15H25NO/c1-12-5-6-14(13(2)11-12)7-9-16-15(3,4)8-10-17/h5-6,11,16-17H,7-10H2,1-4H3. The number of hydrogen-bond donors (Lipinski definition) is 2. The van der Waals surface area contributed by atoms with Crippen molar-refractivity contribution in [3.05, 3.63) is 34.9 Å². The van der Waals surface area contributed by atoms with Crippen molar-refractivity contribution in [2.75, 3.05) is 13.2 Å². The molecule has 0 aromatic heterocycles. The van der Waals surface area contributed by atoms with Gasteiger partial charge in [0.15, 0.2) is 0 Å². The summed E-state index contributed by atoms with van der Waals surface area (Å²) in [5.41, 5.74) is 4.11. The SMILES string of the molecule is Cc1ccc(CCNC(C)(C)CCO)c(C)c1. The zero-order valence-electron chi connectivity index (χ0n) is 11.5. The molecule has 1 rings (SSSR count). The van der Waals surface area contributed by atoms with E-state index in [1.54, 1.807) is 0 Å². The fraction of sp³-hybridized carbons (Fsp3) is 0.600. The average molecular weight is 235 g/mol. The maximum atomic E-state index is 8.95. The van der Waals surface area contributed by atoms with Gasteiger partial charge in [0.25, 0.3) is 0 Å². The molecular weight excluding hydrogens is 210 g/mol. The van der Waals surface area contributed by atoms with Gasteiger partial charge in [0.1, 0.15) is 0 Å². The van der Waals surface area contributed by atoms with Crippen molar-refractivity contribution in [2.45, 2.75) is 46.1 Å². The van der Waals surface area contributed by atoms with Crippen molar-refractivity contribution >= 4 is 0 Å². The van der Waals surface area contributed by atoms with Crippen LogP contribution in [-0.4, -0.2) is 23.8 Å². The molecule has 0 atom stereocenters. The number of aryl methyl sites for hydroxylation is 2. The monoisotopic (exact) mass is 235 g/mol. The molecule has 0 aliphatic rings. The summed E-state index contributed by atoms with van der Waals surface area (Å²) < 4.78 is 0. The van der Waals surface area contributed by atoms with Crippen LogP contribution >= 0.6 is 0 Å². The first-order chi connectivity index (χ1) is 7.94.